The molecule has 1 aromatic heterocycles. The van der Waals surface area contributed by atoms with Gasteiger partial charge in [-0.3, -0.25) is 9.80 Å². The van der Waals surface area contributed by atoms with Crippen molar-refractivity contribution in [3.8, 4) is 0 Å². The number of rotatable bonds is 10. The van der Waals surface area contributed by atoms with Crippen LogP contribution in [-0.2, 0) is 41.8 Å². The standard InChI is InChI=1S/C49H54N6O8/c1-48(2,3)62-38-25-40(52(28-38)46(58)60-30-32-13-9-7-10-14-32)44(56)54(34-17-18-35(54)20-19-34)42-27-43(51-50-42)55(36-21-22-37(55)24-23-36)45(57)41-26-39(63-49(4,5)6)29-53(41)47(59)61-31-33-15-11-8-12-16-33/h7-24,27,38-41H,25-26,28-31H2,1-6H3,(H,50,51)/q+2/t38-,39-,40+,41+/m1/s1. The van der Waals surface area contributed by atoms with Gasteiger partial charge in [0.15, 0.2) is 34.9 Å². The highest BCUT2D eigenvalue weighted by Gasteiger charge is 2.63. The van der Waals surface area contributed by atoms with E-state index in [0.29, 0.717) is 34.4 Å². The molecular weight excluding hydrogens is 801 g/mol. The summed E-state index contributed by atoms with van der Waals surface area (Å²) in [7, 11) is 0. The van der Waals surface area contributed by atoms with Gasteiger partial charge in [-0.15, -0.1) is 14.1 Å². The van der Waals surface area contributed by atoms with E-state index in [1.165, 1.54) is 9.80 Å². The van der Waals surface area contributed by atoms with Crippen LogP contribution in [0.1, 0.15) is 65.5 Å². The first-order valence-electron chi connectivity index (χ1n) is 21.5. The number of carbonyl (C=O) groups is 4. The number of likely N-dealkylation sites (tertiary alicyclic amines) is 2. The number of nitrogens with one attached hydrogen (secondary N) is 1. The molecule has 7 heterocycles. The van der Waals surface area contributed by atoms with Crippen molar-refractivity contribution in [2.75, 3.05) is 13.1 Å². The molecule has 2 aromatic carbocycles. The van der Waals surface area contributed by atoms with Crippen LogP contribution in [0.2, 0.25) is 0 Å². The van der Waals surface area contributed by atoms with Crippen LogP contribution in [0.25, 0.3) is 0 Å². The summed E-state index contributed by atoms with van der Waals surface area (Å²) in [4.78, 5) is 62.1. The average Bonchev–Trinajstić information content (AvgIpc) is 4.14. The van der Waals surface area contributed by atoms with E-state index in [-0.39, 0.29) is 55.4 Å². The van der Waals surface area contributed by atoms with Gasteiger partial charge in [0.1, 0.15) is 19.3 Å². The maximum absolute atomic E-state index is 15.6. The van der Waals surface area contributed by atoms with Gasteiger partial charge in [-0.25, -0.2) is 24.3 Å². The van der Waals surface area contributed by atoms with E-state index in [4.69, 9.17) is 24.0 Å². The topological polar surface area (TPSA) is 140 Å². The van der Waals surface area contributed by atoms with Crippen LogP contribution in [0.5, 0.6) is 0 Å². The van der Waals surface area contributed by atoms with Gasteiger partial charge in [0.2, 0.25) is 5.82 Å². The predicted molar refractivity (Wildman–Crippen MR) is 236 cm³/mol. The molecule has 2 saturated heterocycles. The number of nitrogens with zero attached hydrogens (tertiary/aromatic N) is 5. The van der Waals surface area contributed by atoms with Crippen LogP contribution in [0.15, 0.2) is 138 Å². The van der Waals surface area contributed by atoms with Crippen molar-refractivity contribution >= 4 is 35.6 Å². The lowest BCUT2D eigenvalue weighted by Gasteiger charge is -2.33. The number of amides is 4. The molecule has 14 heteroatoms. The number of aromatic nitrogens is 2. The minimum absolute atomic E-state index is 0.0441. The minimum atomic E-state index is -0.945. The van der Waals surface area contributed by atoms with E-state index in [1.54, 1.807) is 6.07 Å². The number of H-pyrrole nitrogens is 1. The van der Waals surface area contributed by atoms with E-state index < -0.39 is 52.2 Å². The Morgan fingerprint density at radius 2 is 1.02 bits per heavy atom. The Hall–Kier alpha value is -6.19. The largest absolute Gasteiger partial charge is 0.445 e. The van der Waals surface area contributed by atoms with Crippen molar-refractivity contribution in [2.45, 2.75) is 103 Å². The molecule has 0 aliphatic carbocycles. The SMILES string of the molecule is CC(C)(C)O[C@@H]1C[C@@H](C(=O)[N+]2(c3cc([N+]4(C(=O)[C@@H]5C[C@@H](OC(C)(C)C)CN5C(=O)OCc5ccccc5)C5=CC=C4C=C5)[nH]n3)C3=CC=C2C=C3)N(C(=O)OCc2ccccc2)C1. The lowest BCUT2D eigenvalue weighted by atomic mass is 10.1. The molecule has 326 valence electrons. The maximum atomic E-state index is 15.6. The van der Waals surface area contributed by atoms with Crippen LogP contribution in [0.3, 0.4) is 0 Å². The number of allylic oxidation sites excluding steroid dienone is 8. The molecule has 0 unspecified atom stereocenters. The molecule has 4 bridgehead atoms. The Morgan fingerprint density at radius 1 is 0.619 bits per heavy atom. The second-order valence-corrected chi connectivity index (χ2v) is 18.8. The third-order valence-electron chi connectivity index (χ3n) is 12.2. The molecule has 1 N–H and O–H groups in total. The molecule has 6 aliphatic heterocycles. The van der Waals surface area contributed by atoms with Crippen LogP contribution in [0.4, 0.5) is 21.2 Å². The number of hydrogen-bond donors (Lipinski definition) is 1. The summed E-state index contributed by atoms with van der Waals surface area (Å²) in [5, 5.41) is 8.06. The molecule has 63 heavy (non-hydrogen) atoms. The molecule has 6 aliphatic rings. The molecule has 0 saturated carbocycles. The van der Waals surface area contributed by atoms with Crippen LogP contribution >= 0.6 is 0 Å². The first-order chi connectivity index (χ1) is 30.1. The second-order valence-electron chi connectivity index (χ2n) is 18.8. The number of hydrogen-bond acceptors (Lipinski definition) is 9. The highest BCUT2D eigenvalue weighted by Crippen LogP contribution is 2.50. The Labute approximate surface area is 367 Å². The monoisotopic (exact) mass is 854 g/mol. The van der Waals surface area contributed by atoms with E-state index in [1.807, 2.05) is 151 Å². The first kappa shape index (κ1) is 42.1. The second kappa shape index (κ2) is 15.9. The smallest absolute Gasteiger partial charge is 0.411 e. The van der Waals surface area contributed by atoms with E-state index >= 15 is 9.59 Å². The van der Waals surface area contributed by atoms with E-state index in [2.05, 4.69) is 5.10 Å². The van der Waals surface area contributed by atoms with Gasteiger partial charge in [0, 0.05) is 61.4 Å². The fourth-order valence-corrected chi connectivity index (χ4v) is 9.72. The highest BCUT2D eigenvalue weighted by molar-refractivity contribution is 6.04. The Kier molecular flexibility index (Phi) is 10.6. The minimum Gasteiger partial charge on any atom is -0.445 e. The third-order valence-corrected chi connectivity index (χ3v) is 12.2. The van der Waals surface area contributed by atoms with Gasteiger partial charge in [-0.1, -0.05) is 60.7 Å². The maximum Gasteiger partial charge on any atom is 0.411 e. The van der Waals surface area contributed by atoms with Gasteiger partial charge in [0.25, 0.3) is 5.82 Å². The number of aromatic amines is 1. The van der Waals surface area contributed by atoms with E-state index in [0.717, 1.165) is 11.1 Å². The summed E-state index contributed by atoms with van der Waals surface area (Å²) in [5.41, 5.74) is 3.20. The molecule has 0 radical (unpaired) electrons. The summed E-state index contributed by atoms with van der Waals surface area (Å²) in [6.45, 7) is 12.1. The van der Waals surface area contributed by atoms with Crippen molar-refractivity contribution < 1.29 is 38.1 Å². The Morgan fingerprint density at radius 3 is 1.41 bits per heavy atom. The quantitative estimate of drug-likeness (QED) is 0.201. The Balaban J connectivity index is 1.06. The van der Waals surface area contributed by atoms with Crippen molar-refractivity contribution in [1.29, 1.82) is 0 Å². The normalized spacial score (nSPS) is 23.8. The summed E-state index contributed by atoms with van der Waals surface area (Å²) < 4.78 is 23.7. The molecule has 14 nitrogen and oxygen atoms in total. The van der Waals surface area contributed by atoms with Gasteiger partial charge < -0.3 is 18.9 Å². The number of benzene rings is 2. The molecule has 4 atom stereocenters. The summed E-state index contributed by atoms with van der Waals surface area (Å²) in [6, 6.07) is 18.7. The summed E-state index contributed by atoms with van der Waals surface area (Å²) in [5.74, 6) is 0.106. The fraction of sp³-hybridized carbons (Fsp3) is 0.367. The zero-order valence-electron chi connectivity index (χ0n) is 36.5. The molecule has 3 aromatic rings. The molecule has 9 rings (SSSR count). The zero-order valence-corrected chi connectivity index (χ0v) is 36.5. The number of ether oxygens (including phenoxy) is 4. The highest BCUT2D eigenvalue weighted by atomic mass is 16.6. The van der Waals surface area contributed by atoms with Gasteiger partial charge in [-0.2, -0.15) is 0 Å². The van der Waals surface area contributed by atoms with Crippen LogP contribution in [-0.4, -0.2) is 92.6 Å². The lowest BCUT2D eigenvalue weighted by molar-refractivity contribution is -0.131. The molecular formula is C49H54N6O8+2. The number of quaternary nitrogens is 2. The van der Waals surface area contributed by atoms with Crippen LogP contribution in [0, 0.1) is 0 Å². The van der Waals surface area contributed by atoms with E-state index in [9.17, 15) is 9.59 Å². The Bertz CT molecular complexity index is 2300. The van der Waals surface area contributed by atoms with Crippen molar-refractivity contribution in [1.82, 2.24) is 29.0 Å². The fourth-order valence-electron chi connectivity index (χ4n) is 9.72. The first-order valence-corrected chi connectivity index (χ1v) is 21.5. The summed E-state index contributed by atoms with van der Waals surface area (Å²) in [6.07, 6.45) is 13.5. The van der Waals surface area contributed by atoms with Gasteiger partial charge in [0.05, 0.1) is 36.5 Å². The molecule has 0 spiro atoms. The molecule has 2 fully saturated rings. The summed E-state index contributed by atoms with van der Waals surface area (Å²) >= 11 is 0. The van der Waals surface area contributed by atoms with Gasteiger partial charge >= 0.3 is 24.0 Å². The number of carbonyl (C=O) groups excluding carboxylic acids is 4. The van der Waals surface area contributed by atoms with Crippen LogP contribution < -0.4 is 8.97 Å². The lowest BCUT2D eigenvalue weighted by Crippen LogP contribution is -2.57. The zero-order chi connectivity index (χ0) is 44.3. The van der Waals surface area contributed by atoms with Crippen molar-refractivity contribution in [2.24, 2.45) is 0 Å². The van der Waals surface area contributed by atoms with Crippen molar-refractivity contribution in [3.05, 3.63) is 149 Å². The average molecular weight is 855 g/mol. The molecule has 4 amide bonds. The third kappa shape index (κ3) is 7.50. The predicted octanol–water partition coefficient (Wildman–Crippen LogP) is 7.97. The van der Waals surface area contributed by atoms with Gasteiger partial charge in [-0.05, 0) is 52.7 Å². The number of fused-ring (bicyclic) bond motifs is 4. The van der Waals surface area contributed by atoms with Crippen molar-refractivity contribution in [3.63, 3.8) is 0 Å².